The molecule has 19 heavy (non-hydrogen) atoms. The third-order valence-electron chi connectivity index (χ3n) is 3.37. The van der Waals surface area contributed by atoms with Gasteiger partial charge >= 0.3 is 5.69 Å². The predicted molar refractivity (Wildman–Crippen MR) is 68.4 cm³/mol. The summed E-state index contributed by atoms with van der Waals surface area (Å²) in [6, 6.07) is 3.98. The summed E-state index contributed by atoms with van der Waals surface area (Å²) in [6.45, 7) is 3.94. The van der Waals surface area contributed by atoms with Gasteiger partial charge in [-0.05, 0) is 31.4 Å². The predicted octanol–water partition coefficient (Wildman–Crippen LogP) is 2.39. The summed E-state index contributed by atoms with van der Waals surface area (Å²) in [5.74, 6) is -0.797. The second-order valence-corrected chi connectivity index (χ2v) is 5.11. The van der Waals surface area contributed by atoms with Gasteiger partial charge in [0, 0.05) is 24.8 Å². The molecule has 0 amide bonds. The van der Waals surface area contributed by atoms with E-state index >= 15 is 0 Å². The highest BCUT2D eigenvalue weighted by Gasteiger charge is 2.26. The minimum atomic E-state index is -0.797. The minimum absolute atomic E-state index is 0.115. The second kappa shape index (κ2) is 5.63. The van der Waals surface area contributed by atoms with Crippen LogP contribution in [0.4, 0.5) is 10.1 Å². The summed E-state index contributed by atoms with van der Waals surface area (Å²) in [6.07, 6.45) is 2.00. The van der Waals surface area contributed by atoms with Gasteiger partial charge in [0.05, 0.1) is 11.5 Å². The Kier molecular flexibility index (Phi) is 4.11. The van der Waals surface area contributed by atoms with E-state index in [1.807, 2.05) is 0 Å². The van der Waals surface area contributed by atoms with Crippen LogP contribution in [0.15, 0.2) is 18.2 Å². The van der Waals surface area contributed by atoms with Crippen LogP contribution in [0.25, 0.3) is 0 Å². The maximum Gasteiger partial charge on any atom is 0.304 e. The molecule has 0 aromatic heterocycles. The summed E-state index contributed by atoms with van der Waals surface area (Å²) in [5, 5.41) is 13.9. The lowest BCUT2D eigenvalue weighted by molar-refractivity contribution is -0.387. The summed E-state index contributed by atoms with van der Waals surface area (Å²) in [4.78, 5) is 9.80. The van der Waals surface area contributed by atoms with Crippen molar-refractivity contribution >= 4 is 5.69 Å². The minimum Gasteiger partial charge on any atom is -0.380 e. The molecular formula is C13H17FN2O3. The fourth-order valence-corrected chi connectivity index (χ4v) is 2.20. The van der Waals surface area contributed by atoms with Gasteiger partial charge in [-0.1, -0.05) is 6.07 Å². The molecule has 6 heteroatoms. The topological polar surface area (TPSA) is 64.4 Å². The van der Waals surface area contributed by atoms with Crippen LogP contribution in [0.1, 0.15) is 25.3 Å². The molecule has 1 unspecified atom stereocenters. The van der Waals surface area contributed by atoms with E-state index in [1.54, 1.807) is 6.07 Å². The smallest absolute Gasteiger partial charge is 0.304 e. The third kappa shape index (κ3) is 3.48. The molecule has 104 valence electrons. The van der Waals surface area contributed by atoms with Crippen molar-refractivity contribution in [1.82, 2.24) is 5.32 Å². The molecular weight excluding hydrogens is 251 g/mol. The number of benzene rings is 1. The standard InChI is InChI=1S/C13H17FN2O3/c1-13(5-2-6-19-9-13)15-8-10-3-4-12(16(17)18)11(14)7-10/h3-4,7,15H,2,5-6,8-9H2,1H3. The molecule has 1 aromatic carbocycles. The van der Waals surface area contributed by atoms with E-state index in [1.165, 1.54) is 12.1 Å². The van der Waals surface area contributed by atoms with E-state index in [0.717, 1.165) is 19.4 Å². The van der Waals surface area contributed by atoms with Crippen LogP contribution in [-0.4, -0.2) is 23.7 Å². The summed E-state index contributed by atoms with van der Waals surface area (Å²) < 4.78 is 18.9. The van der Waals surface area contributed by atoms with Gasteiger partial charge in [-0.2, -0.15) is 4.39 Å². The molecule has 1 aromatic rings. The van der Waals surface area contributed by atoms with E-state index in [4.69, 9.17) is 4.74 Å². The second-order valence-electron chi connectivity index (χ2n) is 5.11. The quantitative estimate of drug-likeness (QED) is 0.672. The van der Waals surface area contributed by atoms with Crippen molar-refractivity contribution in [1.29, 1.82) is 0 Å². The van der Waals surface area contributed by atoms with Crippen molar-refractivity contribution in [3.63, 3.8) is 0 Å². The lowest BCUT2D eigenvalue weighted by Crippen LogP contribution is -2.48. The summed E-state index contributed by atoms with van der Waals surface area (Å²) in [7, 11) is 0. The van der Waals surface area contributed by atoms with Crippen LogP contribution in [0.2, 0.25) is 0 Å². The Morgan fingerprint density at radius 2 is 2.37 bits per heavy atom. The van der Waals surface area contributed by atoms with Gasteiger partial charge < -0.3 is 10.1 Å². The molecule has 1 fully saturated rings. The molecule has 0 aliphatic carbocycles. The Morgan fingerprint density at radius 1 is 1.58 bits per heavy atom. The SMILES string of the molecule is CC1(NCc2ccc([N+](=O)[O-])c(F)c2)CCCOC1. The number of nitrogens with zero attached hydrogens (tertiary/aromatic N) is 1. The molecule has 5 nitrogen and oxygen atoms in total. The molecule has 0 bridgehead atoms. The Morgan fingerprint density at radius 3 is 2.95 bits per heavy atom. The number of rotatable bonds is 4. The Hall–Kier alpha value is -1.53. The number of nitro groups is 1. The van der Waals surface area contributed by atoms with Crippen molar-refractivity contribution in [3.05, 3.63) is 39.7 Å². The van der Waals surface area contributed by atoms with Crippen LogP contribution in [0, 0.1) is 15.9 Å². The Labute approximate surface area is 110 Å². The first kappa shape index (κ1) is 13.9. The molecule has 1 aliphatic rings. The van der Waals surface area contributed by atoms with Crippen LogP contribution >= 0.6 is 0 Å². The third-order valence-corrected chi connectivity index (χ3v) is 3.37. The van der Waals surface area contributed by atoms with Crippen LogP contribution in [-0.2, 0) is 11.3 Å². The molecule has 0 saturated carbocycles. The van der Waals surface area contributed by atoms with Crippen LogP contribution in [0.5, 0.6) is 0 Å². The molecule has 2 rings (SSSR count). The highest BCUT2D eigenvalue weighted by atomic mass is 19.1. The maximum absolute atomic E-state index is 13.5. The summed E-state index contributed by atoms with van der Waals surface area (Å²) in [5.41, 5.74) is 0.0853. The normalized spacial score (nSPS) is 23.3. The van der Waals surface area contributed by atoms with Crippen LogP contribution < -0.4 is 5.32 Å². The molecule has 1 atom stereocenters. The first-order valence-corrected chi connectivity index (χ1v) is 6.26. The highest BCUT2D eigenvalue weighted by Crippen LogP contribution is 2.21. The van der Waals surface area contributed by atoms with Gasteiger partial charge in [0.1, 0.15) is 0 Å². The average Bonchev–Trinajstić information content (AvgIpc) is 2.37. The van der Waals surface area contributed by atoms with Crippen molar-refractivity contribution in [2.75, 3.05) is 13.2 Å². The van der Waals surface area contributed by atoms with Crippen molar-refractivity contribution in [2.24, 2.45) is 0 Å². The zero-order valence-corrected chi connectivity index (χ0v) is 10.8. The number of nitrogens with one attached hydrogen (secondary N) is 1. The molecule has 1 aliphatic heterocycles. The zero-order chi connectivity index (χ0) is 13.9. The Balaban J connectivity index is 2.00. The molecule has 0 spiro atoms. The van der Waals surface area contributed by atoms with Gasteiger partial charge in [0.15, 0.2) is 0 Å². The molecule has 1 heterocycles. The number of hydrogen-bond acceptors (Lipinski definition) is 4. The van der Waals surface area contributed by atoms with Crippen molar-refractivity contribution in [2.45, 2.75) is 31.8 Å². The lowest BCUT2D eigenvalue weighted by atomic mass is 9.94. The van der Waals surface area contributed by atoms with E-state index < -0.39 is 16.4 Å². The number of hydrogen-bond donors (Lipinski definition) is 1. The average molecular weight is 268 g/mol. The molecule has 1 saturated heterocycles. The zero-order valence-electron chi connectivity index (χ0n) is 10.8. The number of nitro benzene ring substituents is 1. The summed E-state index contributed by atoms with van der Waals surface area (Å²) >= 11 is 0. The Bertz CT molecular complexity index is 473. The largest absolute Gasteiger partial charge is 0.380 e. The van der Waals surface area contributed by atoms with Gasteiger partial charge in [-0.25, -0.2) is 0 Å². The van der Waals surface area contributed by atoms with Gasteiger partial charge in [-0.3, -0.25) is 10.1 Å². The van der Waals surface area contributed by atoms with E-state index in [0.29, 0.717) is 18.7 Å². The highest BCUT2D eigenvalue weighted by molar-refractivity contribution is 5.35. The monoisotopic (exact) mass is 268 g/mol. The number of halogens is 1. The fraction of sp³-hybridized carbons (Fsp3) is 0.538. The maximum atomic E-state index is 13.5. The first-order chi connectivity index (χ1) is 9.00. The van der Waals surface area contributed by atoms with Gasteiger partial charge in [0.25, 0.3) is 0 Å². The number of ether oxygens (including phenoxy) is 1. The lowest BCUT2D eigenvalue weighted by Gasteiger charge is -2.34. The fourth-order valence-electron chi connectivity index (χ4n) is 2.20. The van der Waals surface area contributed by atoms with Gasteiger partial charge in [-0.15, -0.1) is 0 Å². The van der Waals surface area contributed by atoms with Crippen molar-refractivity contribution < 1.29 is 14.1 Å². The molecule has 1 N–H and O–H groups in total. The van der Waals surface area contributed by atoms with E-state index in [-0.39, 0.29) is 5.54 Å². The first-order valence-electron chi connectivity index (χ1n) is 6.26. The van der Waals surface area contributed by atoms with Crippen molar-refractivity contribution in [3.8, 4) is 0 Å². The molecule has 0 radical (unpaired) electrons. The van der Waals surface area contributed by atoms with E-state index in [9.17, 15) is 14.5 Å². The van der Waals surface area contributed by atoms with Crippen LogP contribution in [0.3, 0.4) is 0 Å². The van der Waals surface area contributed by atoms with Gasteiger partial charge in [0.2, 0.25) is 5.82 Å². The van der Waals surface area contributed by atoms with E-state index in [2.05, 4.69) is 12.2 Å².